The molecule has 0 aliphatic heterocycles. The molecule has 0 saturated heterocycles. The highest BCUT2D eigenvalue weighted by atomic mass is 32.2. The number of hydrogen-bond donors (Lipinski definition) is 1. The van der Waals surface area contributed by atoms with Crippen LogP contribution in [-0.4, -0.2) is 24.2 Å². The molecule has 0 unspecified atom stereocenters. The first kappa shape index (κ1) is 18.7. The van der Waals surface area contributed by atoms with Crippen molar-refractivity contribution in [2.75, 3.05) is 17.7 Å². The SMILES string of the molecule is CCOC(=O)c1c(-c2cccs2)csc1NC(=O)CSc1ccccc1. The molecule has 1 amide bonds. The predicted octanol–water partition coefficient (Wildman–Crippen LogP) is 5.38. The molecule has 1 aromatic carbocycles. The number of amides is 1. The summed E-state index contributed by atoms with van der Waals surface area (Å²) in [6.45, 7) is 2.06. The summed E-state index contributed by atoms with van der Waals surface area (Å²) in [6.07, 6.45) is 0. The second-order valence-electron chi connectivity index (χ2n) is 5.20. The molecule has 0 saturated carbocycles. The molecule has 2 aromatic heterocycles. The second kappa shape index (κ2) is 9.02. The van der Waals surface area contributed by atoms with Crippen LogP contribution in [0.4, 0.5) is 5.00 Å². The van der Waals surface area contributed by atoms with E-state index in [2.05, 4.69) is 5.32 Å². The Balaban J connectivity index is 1.76. The van der Waals surface area contributed by atoms with E-state index in [4.69, 9.17) is 4.74 Å². The molecule has 0 fully saturated rings. The number of carbonyl (C=O) groups is 2. The molecule has 0 aliphatic rings. The van der Waals surface area contributed by atoms with Gasteiger partial charge in [-0.15, -0.1) is 34.4 Å². The van der Waals surface area contributed by atoms with Crippen molar-refractivity contribution in [3.63, 3.8) is 0 Å². The summed E-state index contributed by atoms with van der Waals surface area (Å²) in [5.74, 6) is -0.287. The average Bonchev–Trinajstić information content (AvgIpc) is 3.30. The number of benzene rings is 1. The van der Waals surface area contributed by atoms with E-state index in [1.165, 1.54) is 23.1 Å². The summed E-state index contributed by atoms with van der Waals surface area (Å²) in [7, 11) is 0. The van der Waals surface area contributed by atoms with Crippen molar-refractivity contribution in [1.29, 1.82) is 0 Å². The van der Waals surface area contributed by atoms with Crippen LogP contribution in [-0.2, 0) is 9.53 Å². The smallest absolute Gasteiger partial charge is 0.341 e. The number of rotatable bonds is 7. The molecule has 7 heteroatoms. The van der Waals surface area contributed by atoms with Gasteiger partial charge in [0.1, 0.15) is 10.6 Å². The summed E-state index contributed by atoms with van der Waals surface area (Å²) in [6, 6.07) is 13.6. The van der Waals surface area contributed by atoms with Gasteiger partial charge in [0.15, 0.2) is 0 Å². The zero-order chi connectivity index (χ0) is 18.4. The highest BCUT2D eigenvalue weighted by molar-refractivity contribution is 8.00. The van der Waals surface area contributed by atoms with Crippen molar-refractivity contribution in [3.05, 3.63) is 58.8 Å². The molecule has 26 heavy (non-hydrogen) atoms. The predicted molar refractivity (Wildman–Crippen MR) is 109 cm³/mol. The number of hydrogen-bond acceptors (Lipinski definition) is 6. The Morgan fingerprint density at radius 2 is 1.92 bits per heavy atom. The first-order chi connectivity index (χ1) is 12.7. The zero-order valence-corrected chi connectivity index (χ0v) is 16.5. The van der Waals surface area contributed by atoms with E-state index in [0.717, 1.165) is 15.3 Å². The van der Waals surface area contributed by atoms with Gasteiger partial charge in [0.05, 0.1) is 12.4 Å². The number of ether oxygens (including phenoxy) is 1. The van der Waals surface area contributed by atoms with Crippen molar-refractivity contribution >= 4 is 51.3 Å². The highest BCUT2D eigenvalue weighted by Gasteiger charge is 2.23. The molecule has 3 aromatic rings. The van der Waals surface area contributed by atoms with E-state index < -0.39 is 5.97 Å². The number of esters is 1. The lowest BCUT2D eigenvalue weighted by Crippen LogP contribution is -2.16. The lowest BCUT2D eigenvalue weighted by atomic mass is 10.1. The van der Waals surface area contributed by atoms with Gasteiger partial charge in [-0.05, 0) is 30.5 Å². The number of nitrogens with one attached hydrogen (secondary N) is 1. The van der Waals surface area contributed by atoms with Gasteiger partial charge < -0.3 is 10.1 Å². The molecule has 134 valence electrons. The monoisotopic (exact) mass is 403 g/mol. The molecular weight excluding hydrogens is 386 g/mol. The largest absolute Gasteiger partial charge is 0.462 e. The Morgan fingerprint density at radius 1 is 1.12 bits per heavy atom. The van der Waals surface area contributed by atoms with E-state index in [-0.39, 0.29) is 18.3 Å². The van der Waals surface area contributed by atoms with Crippen LogP contribution in [0.25, 0.3) is 10.4 Å². The highest BCUT2D eigenvalue weighted by Crippen LogP contribution is 2.38. The summed E-state index contributed by atoms with van der Waals surface area (Å²) in [4.78, 5) is 26.8. The Labute approximate surface area is 164 Å². The fourth-order valence-electron chi connectivity index (χ4n) is 2.30. The molecule has 0 radical (unpaired) electrons. The minimum absolute atomic E-state index is 0.149. The zero-order valence-electron chi connectivity index (χ0n) is 14.1. The molecule has 0 atom stereocenters. The number of anilines is 1. The Hall–Kier alpha value is -2.09. The molecule has 2 heterocycles. The maximum Gasteiger partial charge on any atom is 0.341 e. The fraction of sp³-hybridized carbons (Fsp3) is 0.158. The van der Waals surface area contributed by atoms with Gasteiger partial charge in [0.25, 0.3) is 0 Å². The first-order valence-corrected chi connectivity index (χ1v) is 10.7. The summed E-state index contributed by atoms with van der Waals surface area (Å²) < 4.78 is 5.19. The van der Waals surface area contributed by atoms with Crippen LogP contribution in [0.2, 0.25) is 0 Å². The van der Waals surface area contributed by atoms with Crippen LogP contribution in [0.15, 0.2) is 58.1 Å². The van der Waals surface area contributed by atoms with Crippen LogP contribution in [0.5, 0.6) is 0 Å². The maximum atomic E-state index is 12.4. The summed E-state index contributed by atoms with van der Waals surface area (Å²) >= 11 is 4.35. The van der Waals surface area contributed by atoms with Crippen molar-refractivity contribution in [1.82, 2.24) is 0 Å². The van der Waals surface area contributed by atoms with Gasteiger partial charge in [0.2, 0.25) is 5.91 Å². The number of thioether (sulfide) groups is 1. The van der Waals surface area contributed by atoms with Crippen LogP contribution in [0, 0.1) is 0 Å². The van der Waals surface area contributed by atoms with Crippen LogP contribution in [0.3, 0.4) is 0 Å². The standard InChI is InChI=1S/C19H17NO3S3/c1-2-23-19(22)17-14(15-9-6-10-24-15)11-26-18(17)20-16(21)12-25-13-7-4-3-5-8-13/h3-11H,2,12H2,1H3,(H,20,21). The van der Waals surface area contributed by atoms with Crippen molar-refractivity contribution in [2.24, 2.45) is 0 Å². The maximum absolute atomic E-state index is 12.4. The van der Waals surface area contributed by atoms with E-state index >= 15 is 0 Å². The molecule has 3 rings (SSSR count). The Kier molecular flexibility index (Phi) is 6.49. The topological polar surface area (TPSA) is 55.4 Å². The van der Waals surface area contributed by atoms with E-state index in [1.807, 2.05) is 53.2 Å². The Bertz CT molecular complexity index is 873. The first-order valence-electron chi connectivity index (χ1n) is 7.99. The van der Waals surface area contributed by atoms with Gasteiger partial charge in [-0.1, -0.05) is 24.3 Å². The lowest BCUT2D eigenvalue weighted by Gasteiger charge is -2.08. The van der Waals surface area contributed by atoms with Crippen molar-refractivity contribution < 1.29 is 14.3 Å². The van der Waals surface area contributed by atoms with Gasteiger partial charge in [-0.25, -0.2) is 4.79 Å². The molecule has 1 N–H and O–H groups in total. The fourth-order valence-corrected chi connectivity index (χ4v) is 4.80. The molecule has 0 spiro atoms. The van der Waals surface area contributed by atoms with E-state index in [1.54, 1.807) is 18.3 Å². The summed E-state index contributed by atoms with van der Waals surface area (Å²) in [5, 5.41) is 7.24. The van der Waals surface area contributed by atoms with Gasteiger partial charge in [-0.3, -0.25) is 4.79 Å². The van der Waals surface area contributed by atoms with Gasteiger partial charge >= 0.3 is 5.97 Å². The third-order valence-corrected chi connectivity index (χ3v) is 6.23. The third-order valence-electron chi connectivity index (χ3n) is 3.42. The quantitative estimate of drug-likeness (QED) is 0.425. The van der Waals surface area contributed by atoms with Gasteiger partial charge in [-0.2, -0.15) is 0 Å². The minimum atomic E-state index is -0.414. The van der Waals surface area contributed by atoms with Crippen LogP contribution in [0.1, 0.15) is 17.3 Å². The van der Waals surface area contributed by atoms with Crippen molar-refractivity contribution in [2.45, 2.75) is 11.8 Å². The molecule has 0 bridgehead atoms. The molecule has 4 nitrogen and oxygen atoms in total. The van der Waals surface area contributed by atoms with Crippen molar-refractivity contribution in [3.8, 4) is 10.4 Å². The molecular formula is C19H17NO3S3. The van der Waals surface area contributed by atoms with Gasteiger partial charge in [0, 0.05) is 20.7 Å². The van der Waals surface area contributed by atoms with E-state index in [9.17, 15) is 9.59 Å². The number of thiophene rings is 2. The number of carbonyl (C=O) groups excluding carboxylic acids is 2. The Morgan fingerprint density at radius 3 is 2.62 bits per heavy atom. The minimum Gasteiger partial charge on any atom is -0.462 e. The average molecular weight is 404 g/mol. The van der Waals surface area contributed by atoms with Crippen LogP contribution < -0.4 is 5.32 Å². The summed E-state index contributed by atoms with van der Waals surface area (Å²) in [5.41, 5.74) is 1.23. The van der Waals surface area contributed by atoms with Crippen LogP contribution >= 0.6 is 34.4 Å². The lowest BCUT2D eigenvalue weighted by molar-refractivity contribution is -0.113. The van der Waals surface area contributed by atoms with E-state index in [0.29, 0.717) is 10.6 Å². The molecule has 0 aliphatic carbocycles. The third kappa shape index (κ3) is 4.55. The normalized spacial score (nSPS) is 10.5. The second-order valence-corrected chi connectivity index (χ2v) is 8.08.